The van der Waals surface area contributed by atoms with Crippen molar-refractivity contribution in [3.05, 3.63) is 72.9 Å². The lowest BCUT2D eigenvalue weighted by Crippen LogP contribution is -2.45. The van der Waals surface area contributed by atoms with Crippen molar-refractivity contribution in [1.29, 1.82) is 0 Å². The van der Waals surface area contributed by atoms with Crippen molar-refractivity contribution in [3.63, 3.8) is 0 Å². The van der Waals surface area contributed by atoms with E-state index >= 15 is 0 Å². The van der Waals surface area contributed by atoms with Gasteiger partial charge >= 0.3 is 0 Å². The smallest absolute Gasteiger partial charge is 0.268 e. The SMILES string of the molecule is CC/C=C\C/C=C\C/C=C\CCCCCCCCCC(=O)NC(COP(=O)([O-])OCC[N+](C)(C)C)C(O)/C=C/CC/C=C/CC/C=C/CCCCCCCCCCCCCCCCCC. The minimum absolute atomic E-state index is 0.0142. The first kappa shape index (κ1) is 62.9. The summed E-state index contributed by atoms with van der Waals surface area (Å²) in [5.74, 6) is -0.223. The highest BCUT2D eigenvalue weighted by Crippen LogP contribution is 2.38. The molecule has 0 aromatic rings. The molecule has 0 aliphatic carbocycles. The first-order valence-corrected chi connectivity index (χ1v) is 28.3. The topological polar surface area (TPSA) is 108 Å². The predicted molar refractivity (Wildman–Crippen MR) is 279 cm³/mol. The van der Waals surface area contributed by atoms with Crippen molar-refractivity contribution in [2.24, 2.45) is 0 Å². The number of nitrogens with one attached hydrogen (secondary N) is 1. The zero-order valence-corrected chi connectivity index (χ0v) is 43.8. The molecule has 0 aliphatic heterocycles. The van der Waals surface area contributed by atoms with Crippen LogP contribution in [0.4, 0.5) is 0 Å². The van der Waals surface area contributed by atoms with Gasteiger partial charge in [0.2, 0.25) is 5.91 Å². The van der Waals surface area contributed by atoms with Gasteiger partial charge in [-0.1, -0.05) is 215 Å². The molecule has 0 saturated heterocycles. The molecule has 9 heteroatoms. The van der Waals surface area contributed by atoms with Crippen molar-refractivity contribution in [1.82, 2.24) is 5.32 Å². The number of aliphatic hydroxyl groups is 1. The van der Waals surface area contributed by atoms with Crippen LogP contribution >= 0.6 is 7.82 Å². The standard InChI is InChI=1S/C56H103N2O6P/c1-6-8-10-12-14-16-18-20-22-24-25-26-27-28-29-30-31-32-34-35-37-39-41-43-45-47-49-55(59)54(53-64-65(61,62)63-52-51-58(3,4)5)57-56(60)50-48-46-44-42-40-38-36-33-23-21-19-17-15-13-11-9-7-2/h9,11,15,17,21,23,32,34,39,41,47,49,54-55,59H,6-8,10,12-14,16,18-20,22,24-31,33,35-38,40,42-46,48,50-53H2,1-5H3,(H-,57,60,61,62)/b11-9-,17-15-,23-21-,34-32+,41-39+,49-47+. The van der Waals surface area contributed by atoms with Crippen LogP contribution in [0.2, 0.25) is 0 Å². The van der Waals surface area contributed by atoms with Gasteiger partial charge in [0.25, 0.3) is 7.82 Å². The molecule has 0 saturated carbocycles. The summed E-state index contributed by atoms with van der Waals surface area (Å²) in [5, 5.41) is 13.8. The minimum Gasteiger partial charge on any atom is -0.756 e. The van der Waals surface area contributed by atoms with E-state index in [9.17, 15) is 19.4 Å². The van der Waals surface area contributed by atoms with Crippen LogP contribution in [0.15, 0.2) is 72.9 Å². The van der Waals surface area contributed by atoms with Crippen molar-refractivity contribution in [2.75, 3.05) is 40.9 Å². The number of phosphoric acid groups is 1. The number of quaternary nitrogens is 1. The second-order valence-corrected chi connectivity index (χ2v) is 20.6. The third-order valence-corrected chi connectivity index (χ3v) is 12.6. The van der Waals surface area contributed by atoms with Crippen LogP contribution in [0.1, 0.15) is 226 Å². The van der Waals surface area contributed by atoms with E-state index in [1.165, 1.54) is 128 Å². The molecular weight excluding hydrogens is 828 g/mol. The van der Waals surface area contributed by atoms with Gasteiger partial charge in [0, 0.05) is 6.42 Å². The number of rotatable bonds is 48. The second kappa shape index (κ2) is 47.0. The van der Waals surface area contributed by atoms with Gasteiger partial charge < -0.3 is 28.8 Å². The molecule has 65 heavy (non-hydrogen) atoms. The van der Waals surface area contributed by atoms with Gasteiger partial charge in [0.05, 0.1) is 39.9 Å². The van der Waals surface area contributed by atoms with Crippen LogP contribution in [0, 0.1) is 0 Å². The number of amides is 1. The lowest BCUT2D eigenvalue weighted by molar-refractivity contribution is -0.870. The molecule has 0 fully saturated rings. The van der Waals surface area contributed by atoms with Crippen LogP contribution < -0.4 is 10.2 Å². The van der Waals surface area contributed by atoms with Crippen LogP contribution in [0.3, 0.4) is 0 Å². The second-order valence-electron chi connectivity index (χ2n) is 19.2. The van der Waals surface area contributed by atoms with Gasteiger partial charge in [-0.2, -0.15) is 0 Å². The highest BCUT2D eigenvalue weighted by atomic mass is 31.2. The summed E-state index contributed by atoms with van der Waals surface area (Å²) in [6.07, 6.45) is 64.1. The van der Waals surface area contributed by atoms with E-state index < -0.39 is 26.6 Å². The van der Waals surface area contributed by atoms with Gasteiger partial charge in [0.1, 0.15) is 13.2 Å². The fraction of sp³-hybridized carbons (Fsp3) is 0.768. The highest BCUT2D eigenvalue weighted by Gasteiger charge is 2.23. The summed E-state index contributed by atoms with van der Waals surface area (Å²) in [6, 6.07) is -0.919. The third kappa shape index (κ3) is 49.7. The fourth-order valence-corrected chi connectivity index (χ4v) is 8.16. The molecule has 0 rings (SSSR count). The molecule has 8 nitrogen and oxygen atoms in total. The Kier molecular flexibility index (Phi) is 45.5. The molecule has 0 heterocycles. The zero-order chi connectivity index (χ0) is 47.8. The van der Waals surface area contributed by atoms with Gasteiger partial charge in [-0.15, -0.1) is 0 Å². The quantitative estimate of drug-likeness (QED) is 0.0272. The number of allylic oxidation sites excluding steroid dienone is 11. The number of likely N-dealkylation sites (N-methyl/N-ethyl adjacent to an activating group) is 1. The lowest BCUT2D eigenvalue weighted by atomic mass is 10.0. The largest absolute Gasteiger partial charge is 0.756 e. The molecule has 0 aromatic heterocycles. The Hall–Kier alpha value is -2.06. The number of aliphatic hydroxyl groups excluding tert-OH is 1. The van der Waals surface area contributed by atoms with Crippen molar-refractivity contribution in [3.8, 4) is 0 Å². The average Bonchev–Trinajstić information content (AvgIpc) is 3.26. The number of hydrogen-bond acceptors (Lipinski definition) is 6. The number of nitrogens with zero attached hydrogens (tertiary/aromatic N) is 1. The van der Waals surface area contributed by atoms with Gasteiger partial charge in [0.15, 0.2) is 0 Å². The molecule has 0 aromatic carbocycles. The van der Waals surface area contributed by atoms with Gasteiger partial charge in [-0.3, -0.25) is 9.36 Å². The molecular formula is C56H103N2O6P. The molecule has 0 spiro atoms. The van der Waals surface area contributed by atoms with E-state index in [4.69, 9.17) is 9.05 Å². The molecule has 0 bridgehead atoms. The first-order valence-electron chi connectivity index (χ1n) is 26.8. The Morgan fingerprint density at radius 1 is 0.554 bits per heavy atom. The van der Waals surface area contributed by atoms with Crippen LogP contribution in [0.25, 0.3) is 0 Å². The first-order chi connectivity index (χ1) is 31.5. The maximum atomic E-state index is 12.9. The van der Waals surface area contributed by atoms with Crippen LogP contribution in [-0.4, -0.2) is 68.5 Å². The Morgan fingerprint density at radius 3 is 1.43 bits per heavy atom. The molecule has 0 aliphatic rings. The Morgan fingerprint density at radius 2 is 0.954 bits per heavy atom. The summed E-state index contributed by atoms with van der Waals surface area (Å²) < 4.78 is 23.3. The van der Waals surface area contributed by atoms with E-state index in [-0.39, 0.29) is 12.5 Å². The molecule has 2 N–H and O–H groups in total. The van der Waals surface area contributed by atoms with E-state index in [2.05, 4.69) is 79.9 Å². The number of unbranched alkanes of at least 4 members (excludes halogenated alkanes) is 25. The number of hydrogen-bond donors (Lipinski definition) is 2. The monoisotopic (exact) mass is 931 g/mol. The maximum Gasteiger partial charge on any atom is 0.268 e. The van der Waals surface area contributed by atoms with Crippen molar-refractivity contribution >= 4 is 13.7 Å². The van der Waals surface area contributed by atoms with Crippen molar-refractivity contribution < 1.29 is 32.9 Å². The van der Waals surface area contributed by atoms with E-state index in [1.807, 2.05) is 27.2 Å². The lowest BCUT2D eigenvalue weighted by Gasteiger charge is -2.29. The van der Waals surface area contributed by atoms with E-state index in [1.54, 1.807) is 6.08 Å². The Labute approximate surface area is 402 Å². The molecule has 1 amide bonds. The van der Waals surface area contributed by atoms with E-state index in [0.717, 1.165) is 77.0 Å². The van der Waals surface area contributed by atoms with Gasteiger partial charge in [-0.05, 0) is 77.0 Å². The summed E-state index contributed by atoms with van der Waals surface area (Å²) in [7, 11) is 1.22. The van der Waals surface area contributed by atoms with Crippen LogP contribution in [-0.2, 0) is 18.4 Å². The Balaban J connectivity index is 4.34. The zero-order valence-electron chi connectivity index (χ0n) is 42.9. The van der Waals surface area contributed by atoms with Crippen LogP contribution in [0.5, 0.6) is 0 Å². The number of phosphoric ester groups is 1. The normalized spacial score (nSPS) is 14.6. The minimum atomic E-state index is -4.61. The summed E-state index contributed by atoms with van der Waals surface area (Å²) in [5.41, 5.74) is 0. The molecule has 3 unspecified atom stereocenters. The predicted octanol–water partition coefficient (Wildman–Crippen LogP) is 15.3. The average molecular weight is 931 g/mol. The van der Waals surface area contributed by atoms with E-state index in [0.29, 0.717) is 17.4 Å². The highest BCUT2D eigenvalue weighted by molar-refractivity contribution is 7.45. The number of carbonyl (C=O) groups is 1. The molecule has 3 atom stereocenters. The fourth-order valence-electron chi connectivity index (χ4n) is 7.43. The van der Waals surface area contributed by atoms with Gasteiger partial charge in [-0.25, -0.2) is 0 Å². The Bertz CT molecular complexity index is 1290. The third-order valence-electron chi connectivity index (χ3n) is 11.6. The summed E-state index contributed by atoms with van der Waals surface area (Å²) in [6.45, 7) is 4.50. The maximum absolute atomic E-state index is 12.9. The van der Waals surface area contributed by atoms with Crippen molar-refractivity contribution in [2.45, 2.75) is 238 Å². The summed E-state index contributed by atoms with van der Waals surface area (Å²) in [4.78, 5) is 25.4. The molecule has 0 radical (unpaired) electrons. The molecule has 378 valence electrons. The number of carbonyl (C=O) groups excluding carboxylic acids is 1. The summed E-state index contributed by atoms with van der Waals surface area (Å²) >= 11 is 0.